The van der Waals surface area contributed by atoms with Crippen LogP contribution in [0.1, 0.15) is 57.9 Å². The van der Waals surface area contributed by atoms with Gasteiger partial charge in [-0.15, -0.1) is 6.58 Å². The number of benzene rings is 1. The van der Waals surface area contributed by atoms with E-state index >= 15 is 0 Å². The predicted molar refractivity (Wildman–Crippen MR) is 108 cm³/mol. The van der Waals surface area contributed by atoms with Crippen LogP contribution in [0.3, 0.4) is 0 Å². The summed E-state index contributed by atoms with van der Waals surface area (Å²) in [7, 11) is 0. The van der Waals surface area contributed by atoms with Gasteiger partial charge in [-0.2, -0.15) is 0 Å². The molecular formula is C24H30O2. The van der Waals surface area contributed by atoms with Gasteiger partial charge in [0.05, 0.1) is 6.61 Å². The molecule has 0 aromatic heterocycles. The van der Waals surface area contributed by atoms with Crippen LogP contribution < -0.4 is 0 Å². The van der Waals surface area contributed by atoms with Crippen LogP contribution in [-0.4, -0.2) is 12.4 Å². The van der Waals surface area contributed by atoms with Gasteiger partial charge in [0.2, 0.25) is 0 Å². The fourth-order valence-corrected chi connectivity index (χ4v) is 3.23. The average molecular weight is 351 g/mol. The molecule has 0 heterocycles. The lowest BCUT2D eigenvalue weighted by molar-refractivity contribution is -0.105. The summed E-state index contributed by atoms with van der Waals surface area (Å²) in [4.78, 5) is 11.4. The first-order valence-electron chi connectivity index (χ1n) is 9.52. The number of carbonyl (C=O) groups excluding carboxylic acids is 1. The van der Waals surface area contributed by atoms with Crippen LogP contribution in [0, 0.1) is 17.3 Å². The van der Waals surface area contributed by atoms with Gasteiger partial charge in [-0.25, -0.2) is 0 Å². The minimum absolute atomic E-state index is 0.143. The molecule has 1 aromatic carbocycles. The summed E-state index contributed by atoms with van der Waals surface area (Å²) in [5.74, 6) is 6.64. The van der Waals surface area contributed by atoms with E-state index in [9.17, 15) is 4.79 Å². The predicted octanol–water partition coefficient (Wildman–Crippen LogP) is 5.64. The molecule has 1 atom stereocenters. The summed E-state index contributed by atoms with van der Waals surface area (Å²) in [6.07, 6.45) is 8.60. The highest BCUT2D eigenvalue weighted by atomic mass is 16.5. The molecule has 0 fully saturated rings. The molecular weight excluding hydrogens is 320 g/mol. The van der Waals surface area contributed by atoms with Crippen LogP contribution in [-0.2, 0) is 16.1 Å². The summed E-state index contributed by atoms with van der Waals surface area (Å²) in [5, 5.41) is 0. The lowest BCUT2D eigenvalue weighted by atomic mass is 9.83. The van der Waals surface area contributed by atoms with Crippen molar-refractivity contribution in [2.45, 2.75) is 65.1 Å². The molecule has 1 aliphatic rings. The number of aldehydes is 1. The normalized spacial score (nSPS) is 16.2. The van der Waals surface area contributed by atoms with E-state index in [1.54, 1.807) is 0 Å². The average Bonchev–Trinajstić information content (AvgIpc) is 2.87. The molecule has 0 radical (unpaired) electrons. The Morgan fingerprint density at radius 1 is 1.19 bits per heavy atom. The van der Waals surface area contributed by atoms with Gasteiger partial charge < -0.3 is 4.74 Å². The maximum Gasteiger partial charge on any atom is 0.146 e. The van der Waals surface area contributed by atoms with Gasteiger partial charge in [-0.1, -0.05) is 68.5 Å². The SMILES string of the molecule is C=CCC(C)(C)C(C#CC1=C(C=O)CCCCC1)OCc1ccccc1. The molecule has 26 heavy (non-hydrogen) atoms. The first kappa shape index (κ1) is 20.2. The summed E-state index contributed by atoms with van der Waals surface area (Å²) < 4.78 is 6.20. The number of hydrogen-bond acceptors (Lipinski definition) is 2. The fourth-order valence-electron chi connectivity index (χ4n) is 3.23. The quantitative estimate of drug-likeness (QED) is 0.361. The third-order valence-corrected chi connectivity index (χ3v) is 4.90. The summed E-state index contributed by atoms with van der Waals surface area (Å²) in [6.45, 7) is 8.71. The molecule has 138 valence electrons. The van der Waals surface area contributed by atoms with Crippen molar-refractivity contribution in [2.24, 2.45) is 5.41 Å². The van der Waals surface area contributed by atoms with E-state index in [0.717, 1.165) is 55.1 Å². The highest BCUT2D eigenvalue weighted by molar-refractivity contribution is 5.76. The van der Waals surface area contributed by atoms with Gasteiger partial charge in [0.15, 0.2) is 0 Å². The Kier molecular flexibility index (Phi) is 7.88. The minimum atomic E-state index is -0.218. The van der Waals surface area contributed by atoms with Gasteiger partial charge in [-0.3, -0.25) is 4.79 Å². The van der Waals surface area contributed by atoms with E-state index in [1.165, 1.54) is 6.42 Å². The van der Waals surface area contributed by atoms with E-state index in [0.29, 0.717) is 6.61 Å². The second kappa shape index (κ2) is 10.1. The van der Waals surface area contributed by atoms with Crippen LogP contribution in [0.5, 0.6) is 0 Å². The number of allylic oxidation sites excluding steroid dienone is 3. The number of ether oxygens (including phenoxy) is 1. The fraction of sp³-hybridized carbons (Fsp3) is 0.458. The Balaban J connectivity index is 2.22. The summed E-state index contributed by atoms with van der Waals surface area (Å²) in [6, 6.07) is 10.1. The topological polar surface area (TPSA) is 26.3 Å². The van der Waals surface area contributed by atoms with Gasteiger partial charge in [-0.05, 0) is 37.7 Å². The van der Waals surface area contributed by atoms with Crippen molar-refractivity contribution in [1.82, 2.24) is 0 Å². The lowest BCUT2D eigenvalue weighted by Crippen LogP contribution is -2.30. The van der Waals surface area contributed by atoms with Crippen LogP contribution >= 0.6 is 0 Å². The van der Waals surface area contributed by atoms with Gasteiger partial charge in [0, 0.05) is 16.6 Å². The van der Waals surface area contributed by atoms with E-state index in [2.05, 4.69) is 44.4 Å². The van der Waals surface area contributed by atoms with Crippen LogP contribution in [0.25, 0.3) is 0 Å². The zero-order valence-corrected chi connectivity index (χ0v) is 16.1. The smallest absolute Gasteiger partial charge is 0.146 e. The molecule has 0 saturated heterocycles. The first-order valence-corrected chi connectivity index (χ1v) is 9.52. The molecule has 2 rings (SSSR count). The zero-order chi connectivity index (χ0) is 18.8. The van der Waals surface area contributed by atoms with Crippen molar-refractivity contribution >= 4 is 6.29 Å². The van der Waals surface area contributed by atoms with Crippen LogP contribution in [0.4, 0.5) is 0 Å². The van der Waals surface area contributed by atoms with Crippen molar-refractivity contribution < 1.29 is 9.53 Å². The van der Waals surface area contributed by atoms with E-state index in [-0.39, 0.29) is 11.5 Å². The second-order valence-electron chi connectivity index (χ2n) is 7.61. The standard InChI is InChI=1S/C24H30O2/c1-4-17-24(2,3)23(26-19-20-11-7-5-8-12-20)16-15-21-13-9-6-10-14-22(21)18-25/h4-5,7-8,11-12,18,23H,1,6,9-10,13-14,17,19H2,2-3H3. The molecule has 0 aliphatic heterocycles. The molecule has 0 amide bonds. The first-order chi connectivity index (χ1) is 12.6. The molecule has 1 aromatic rings. The number of rotatable bonds is 7. The molecule has 1 unspecified atom stereocenters. The number of carbonyl (C=O) groups is 1. The Morgan fingerprint density at radius 2 is 1.92 bits per heavy atom. The van der Waals surface area contributed by atoms with Crippen molar-refractivity contribution in [2.75, 3.05) is 0 Å². The highest BCUT2D eigenvalue weighted by Crippen LogP contribution is 2.29. The zero-order valence-electron chi connectivity index (χ0n) is 16.1. The molecule has 0 saturated carbocycles. The molecule has 2 heteroatoms. The Bertz CT molecular complexity index is 686. The molecule has 0 N–H and O–H groups in total. The van der Waals surface area contributed by atoms with Crippen LogP contribution in [0.2, 0.25) is 0 Å². The van der Waals surface area contributed by atoms with Gasteiger partial charge in [0.1, 0.15) is 12.4 Å². The Hall–Kier alpha value is -2.11. The third kappa shape index (κ3) is 6.00. The molecule has 0 spiro atoms. The van der Waals surface area contributed by atoms with E-state index < -0.39 is 0 Å². The lowest BCUT2D eigenvalue weighted by Gasteiger charge is -2.30. The summed E-state index contributed by atoms with van der Waals surface area (Å²) in [5.41, 5.74) is 2.87. The largest absolute Gasteiger partial charge is 0.360 e. The Morgan fingerprint density at radius 3 is 2.62 bits per heavy atom. The third-order valence-electron chi connectivity index (χ3n) is 4.90. The van der Waals surface area contributed by atoms with Gasteiger partial charge in [0.25, 0.3) is 0 Å². The minimum Gasteiger partial charge on any atom is -0.360 e. The second-order valence-corrected chi connectivity index (χ2v) is 7.61. The van der Waals surface area contributed by atoms with E-state index in [4.69, 9.17) is 4.74 Å². The molecule has 1 aliphatic carbocycles. The monoisotopic (exact) mass is 350 g/mol. The van der Waals surface area contributed by atoms with Crippen molar-refractivity contribution in [1.29, 1.82) is 0 Å². The van der Waals surface area contributed by atoms with Crippen LogP contribution in [0.15, 0.2) is 54.1 Å². The van der Waals surface area contributed by atoms with Crippen molar-refractivity contribution in [3.63, 3.8) is 0 Å². The maximum absolute atomic E-state index is 11.4. The highest BCUT2D eigenvalue weighted by Gasteiger charge is 2.28. The molecule has 2 nitrogen and oxygen atoms in total. The van der Waals surface area contributed by atoms with Gasteiger partial charge >= 0.3 is 0 Å². The maximum atomic E-state index is 11.4. The van der Waals surface area contributed by atoms with E-state index in [1.807, 2.05) is 24.3 Å². The Labute approximate surface area is 158 Å². The van der Waals surface area contributed by atoms with Crippen molar-refractivity contribution in [3.05, 3.63) is 59.7 Å². The van der Waals surface area contributed by atoms with Crippen molar-refractivity contribution in [3.8, 4) is 11.8 Å². The number of hydrogen-bond donors (Lipinski definition) is 0. The molecule has 0 bridgehead atoms. The summed E-state index contributed by atoms with van der Waals surface area (Å²) >= 11 is 0.